The molecule has 1 N–H and O–H groups in total. The highest BCUT2D eigenvalue weighted by molar-refractivity contribution is 9.09. The van der Waals surface area contributed by atoms with E-state index in [0.29, 0.717) is 10.7 Å². The number of carbonyl (C=O) groups is 1. The van der Waals surface area contributed by atoms with Gasteiger partial charge in [-0.05, 0) is 12.1 Å². The summed E-state index contributed by atoms with van der Waals surface area (Å²) in [6.07, 6.45) is 0.741. The van der Waals surface area contributed by atoms with Crippen molar-refractivity contribution < 1.29 is 9.72 Å². The fourth-order valence-corrected chi connectivity index (χ4v) is 2.76. The van der Waals surface area contributed by atoms with Crippen LogP contribution in [0.15, 0.2) is 24.3 Å². The molecular weight excluding hydrogens is 348 g/mol. The van der Waals surface area contributed by atoms with Crippen molar-refractivity contribution in [1.82, 2.24) is 10.2 Å². The zero-order chi connectivity index (χ0) is 14.5. The van der Waals surface area contributed by atoms with Crippen molar-refractivity contribution in [2.75, 3.05) is 10.6 Å². The van der Waals surface area contributed by atoms with Gasteiger partial charge >= 0.3 is 0 Å². The second-order valence-electron chi connectivity index (χ2n) is 3.70. The van der Waals surface area contributed by atoms with Crippen molar-refractivity contribution in [2.45, 2.75) is 6.42 Å². The van der Waals surface area contributed by atoms with Gasteiger partial charge in [0.2, 0.25) is 5.13 Å². The number of nitro groups is 1. The van der Waals surface area contributed by atoms with E-state index < -0.39 is 4.92 Å². The summed E-state index contributed by atoms with van der Waals surface area (Å²) in [4.78, 5) is 21.9. The molecule has 0 radical (unpaired) electrons. The van der Waals surface area contributed by atoms with Crippen molar-refractivity contribution in [2.24, 2.45) is 0 Å². The van der Waals surface area contributed by atoms with Gasteiger partial charge < -0.3 is 0 Å². The normalized spacial score (nSPS) is 10.2. The molecule has 0 saturated carbocycles. The van der Waals surface area contributed by atoms with Gasteiger partial charge in [-0.15, -0.1) is 10.2 Å². The SMILES string of the molecule is O=C(Nc1nnc(CCBr)s1)c1ccc([N+](=O)[O-])cc1. The van der Waals surface area contributed by atoms with E-state index in [1.807, 2.05) is 0 Å². The molecule has 9 heteroatoms. The number of rotatable bonds is 5. The minimum absolute atomic E-state index is 0.0583. The van der Waals surface area contributed by atoms with Crippen LogP contribution in [0.1, 0.15) is 15.4 Å². The number of amides is 1. The third-order valence-electron chi connectivity index (χ3n) is 2.34. The van der Waals surface area contributed by atoms with Gasteiger partial charge in [0.15, 0.2) is 0 Å². The van der Waals surface area contributed by atoms with Crippen molar-refractivity contribution in [1.29, 1.82) is 0 Å². The topological polar surface area (TPSA) is 98.0 Å². The fourth-order valence-electron chi connectivity index (χ4n) is 1.39. The monoisotopic (exact) mass is 356 g/mol. The smallest absolute Gasteiger partial charge is 0.269 e. The quantitative estimate of drug-likeness (QED) is 0.504. The molecule has 0 bridgehead atoms. The van der Waals surface area contributed by atoms with Crippen molar-refractivity contribution >= 4 is 44.0 Å². The molecule has 1 aromatic carbocycles. The summed E-state index contributed by atoms with van der Waals surface area (Å²) in [5.74, 6) is -0.374. The number of nitrogens with one attached hydrogen (secondary N) is 1. The molecule has 0 aliphatic heterocycles. The standard InChI is InChI=1S/C11H9BrN4O3S/c12-6-5-9-14-15-11(20-9)13-10(17)7-1-3-8(4-2-7)16(18)19/h1-4H,5-6H2,(H,13,15,17). The Labute approximate surface area is 126 Å². The molecule has 1 amide bonds. The number of alkyl halides is 1. The maximum absolute atomic E-state index is 11.9. The molecule has 0 saturated heterocycles. The maximum Gasteiger partial charge on any atom is 0.269 e. The van der Waals surface area contributed by atoms with Crippen molar-refractivity contribution in [3.63, 3.8) is 0 Å². The van der Waals surface area contributed by atoms with Crippen LogP contribution < -0.4 is 5.32 Å². The second kappa shape index (κ2) is 6.53. The maximum atomic E-state index is 11.9. The zero-order valence-electron chi connectivity index (χ0n) is 10.1. The second-order valence-corrected chi connectivity index (χ2v) is 5.55. The number of anilines is 1. The van der Waals surface area contributed by atoms with E-state index in [4.69, 9.17) is 0 Å². The largest absolute Gasteiger partial charge is 0.296 e. The molecule has 104 valence electrons. The molecule has 20 heavy (non-hydrogen) atoms. The molecule has 2 rings (SSSR count). The molecule has 7 nitrogen and oxygen atoms in total. The first kappa shape index (κ1) is 14.5. The molecule has 2 aromatic rings. The number of carbonyl (C=O) groups excluding carboxylic acids is 1. The summed E-state index contributed by atoms with van der Waals surface area (Å²) >= 11 is 4.59. The van der Waals surface area contributed by atoms with Crippen molar-refractivity contribution in [3.05, 3.63) is 45.0 Å². The van der Waals surface area contributed by atoms with Crippen LogP contribution >= 0.6 is 27.3 Å². The highest BCUT2D eigenvalue weighted by atomic mass is 79.9. The number of hydrogen-bond acceptors (Lipinski definition) is 6. The lowest BCUT2D eigenvalue weighted by Gasteiger charge is -2.00. The van der Waals surface area contributed by atoms with Crippen LogP contribution in [-0.4, -0.2) is 26.4 Å². The molecule has 0 atom stereocenters. The van der Waals surface area contributed by atoms with Gasteiger partial charge in [0.05, 0.1) is 4.92 Å². The average Bonchev–Trinajstić information content (AvgIpc) is 2.86. The van der Waals surface area contributed by atoms with E-state index >= 15 is 0 Å². The molecule has 0 aliphatic carbocycles. The van der Waals surface area contributed by atoms with Gasteiger partial charge in [-0.2, -0.15) is 0 Å². The highest BCUT2D eigenvalue weighted by Gasteiger charge is 2.12. The van der Waals surface area contributed by atoms with Gasteiger partial charge in [-0.1, -0.05) is 27.3 Å². The minimum atomic E-state index is -0.515. The number of nitrogens with zero attached hydrogens (tertiary/aromatic N) is 3. The van der Waals surface area contributed by atoms with E-state index in [1.54, 1.807) is 0 Å². The third kappa shape index (κ3) is 3.58. The zero-order valence-corrected chi connectivity index (χ0v) is 12.5. The molecule has 1 heterocycles. The summed E-state index contributed by atoms with van der Waals surface area (Å²) in [7, 11) is 0. The van der Waals surface area contributed by atoms with Gasteiger partial charge in [0.1, 0.15) is 5.01 Å². The van der Waals surface area contributed by atoms with Gasteiger partial charge in [0.25, 0.3) is 11.6 Å². The van der Waals surface area contributed by atoms with E-state index in [2.05, 4.69) is 31.4 Å². The van der Waals surface area contributed by atoms with Gasteiger partial charge in [0, 0.05) is 29.4 Å². The number of aryl methyl sites for hydroxylation is 1. The highest BCUT2D eigenvalue weighted by Crippen LogP contribution is 2.18. The van der Waals surface area contributed by atoms with E-state index in [1.165, 1.54) is 35.6 Å². The van der Waals surface area contributed by atoms with Gasteiger partial charge in [-0.25, -0.2) is 0 Å². The molecule has 1 aromatic heterocycles. The Hall–Kier alpha value is -1.87. The summed E-state index contributed by atoms with van der Waals surface area (Å²) < 4.78 is 0. The van der Waals surface area contributed by atoms with Gasteiger partial charge in [-0.3, -0.25) is 20.2 Å². The Balaban J connectivity index is 2.05. The molecular formula is C11H9BrN4O3S. The van der Waals surface area contributed by atoms with E-state index in [-0.39, 0.29) is 11.6 Å². The number of hydrogen-bond donors (Lipinski definition) is 1. The lowest BCUT2D eigenvalue weighted by Crippen LogP contribution is -2.11. The number of benzene rings is 1. The number of aromatic nitrogens is 2. The molecule has 0 spiro atoms. The summed E-state index contributed by atoms with van der Waals surface area (Å²) in [6, 6.07) is 5.36. The first-order valence-corrected chi connectivity index (χ1v) is 7.48. The number of nitro benzene ring substituents is 1. The Morgan fingerprint density at radius 1 is 1.35 bits per heavy atom. The summed E-state index contributed by atoms with van der Waals surface area (Å²) in [5, 5.41) is 22.9. The fraction of sp³-hybridized carbons (Fsp3) is 0.182. The van der Waals surface area contributed by atoms with Crippen LogP contribution in [0, 0.1) is 10.1 Å². The molecule has 0 unspecified atom stereocenters. The Morgan fingerprint density at radius 3 is 2.65 bits per heavy atom. The summed E-state index contributed by atoms with van der Waals surface area (Å²) in [5.41, 5.74) is 0.268. The Bertz CT molecular complexity index is 629. The number of non-ortho nitro benzene ring substituents is 1. The third-order valence-corrected chi connectivity index (χ3v) is 3.63. The van der Waals surface area contributed by atoms with Crippen LogP contribution in [0.2, 0.25) is 0 Å². The van der Waals surface area contributed by atoms with Crippen LogP contribution in [0.25, 0.3) is 0 Å². The summed E-state index contributed by atoms with van der Waals surface area (Å²) in [6.45, 7) is 0. The average molecular weight is 357 g/mol. The van der Waals surface area contributed by atoms with Crippen LogP contribution in [-0.2, 0) is 6.42 Å². The van der Waals surface area contributed by atoms with Crippen LogP contribution in [0.4, 0.5) is 10.8 Å². The lowest BCUT2D eigenvalue weighted by molar-refractivity contribution is -0.384. The Kier molecular flexibility index (Phi) is 4.74. The molecule has 0 fully saturated rings. The van der Waals surface area contributed by atoms with Crippen molar-refractivity contribution in [3.8, 4) is 0 Å². The molecule has 0 aliphatic rings. The Morgan fingerprint density at radius 2 is 2.05 bits per heavy atom. The predicted octanol–water partition coefficient (Wildman–Crippen LogP) is 2.64. The van der Waals surface area contributed by atoms with Crippen LogP contribution in [0.3, 0.4) is 0 Å². The first-order valence-electron chi connectivity index (χ1n) is 5.54. The minimum Gasteiger partial charge on any atom is -0.296 e. The van der Waals surface area contributed by atoms with E-state index in [9.17, 15) is 14.9 Å². The first-order chi connectivity index (χ1) is 9.60. The number of halogens is 1. The predicted molar refractivity (Wildman–Crippen MR) is 78.5 cm³/mol. The van der Waals surface area contributed by atoms with Crippen LogP contribution in [0.5, 0.6) is 0 Å². The lowest BCUT2D eigenvalue weighted by atomic mass is 10.2. The van der Waals surface area contributed by atoms with E-state index in [0.717, 1.165) is 16.8 Å².